The van der Waals surface area contributed by atoms with Crippen molar-refractivity contribution in [3.05, 3.63) is 45.2 Å². The normalized spacial score (nSPS) is 16.4. The third-order valence-corrected chi connectivity index (χ3v) is 5.30. The first-order valence-electron chi connectivity index (χ1n) is 9.23. The second-order valence-electron chi connectivity index (χ2n) is 6.83. The average Bonchev–Trinajstić information content (AvgIpc) is 2.57. The minimum absolute atomic E-state index is 0.164. The van der Waals surface area contributed by atoms with Gasteiger partial charge in [-0.2, -0.15) is 0 Å². The largest absolute Gasteiger partial charge is 0.349 e. The number of benzene rings is 1. The Morgan fingerprint density at radius 2 is 1.88 bits per heavy atom. The molecule has 0 atom stereocenters. The summed E-state index contributed by atoms with van der Waals surface area (Å²) in [5, 5.41) is 4.09. The van der Waals surface area contributed by atoms with E-state index in [4.69, 9.17) is 11.6 Å². The Bertz CT molecular complexity index is 820. The lowest BCUT2D eigenvalue weighted by molar-refractivity contribution is 0.0929. The van der Waals surface area contributed by atoms with E-state index in [2.05, 4.69) is 5.32 Å². The number of amides is 1. The topological polar surface area (TPSA) is 51.1 Å². The molecule has 4 nitrogen and oxygen atoms in total. The van der Waals surface area contributed by atoms with Crippen LogP contribution in [0.3, 0.4) is 0 Å². The fourth-order valence-corrected chi connectivity index (χ4v) is 3.83. The number of hydrogen-bond acceptors (Lipinski definition) is 2. The highest BCUT2D eigenvalue weighted by Gasteiger charge is 2.19. The number of halogens is 1. The van der Waals surface area contributed by atoms with Crippen LogP contribution in [-0.2, 0) is 6.54 Å². The van der Waals surface area contributed by atoms with Crippen molar-refractivity contribution in [1.82, 2.24) is 9.88 Å². The van der Waals surface area contributed by atoms with Crippen LogP contribution < -0.4 is 10.7 Å². The summed E-state index contributed by atoms with van der Waals surface area (Å²) in [4.78, 5) is 25.6. The zero-order valence-corrected chi connectivity index (χ0v) is 15.4. The molecule has 1 aliphatic carbocycles. The van der Waals surface area contributed by atoms with Crippen LogP contribution in [0.15, 0.2) is 29.2 Å². The molecular formula is C20H25ClN2O2. The van der Waals surface area contributed by atoms with E-state index in [-0.39, 0.29) is 22.9 Å². The molecule has 1 aliphatic rings. The molecule has 134 valence electrons. The number of nitrogens with zero attached hydrogens (tertiary/aromatic N) is 1. The van der Waals surface area contributed by atoms with Crippen molar-refractivity contribution in [1.29, 1.82) is 0 Å². The Morgan fingerprint density at radius 1 is 1.20 bits per heavy atom. The SMILES string of the molecule is CCn1cc(C(=O)NC2CCCCCCC2)c(=O)c2cc(Cl)ccc21. The van der Waals surface area contributed by atoms with Gasteiger partial charge in [0, 0.05) is 29.2 Å². The highest BCUT2D eigenvalue weighted by Crippen LogP contribution is 2.19. The molecule has 0 unspecified atom stereocenters. The van der Waals surface area contributed by atoms with Crippen LogP contribution in [0.1, 0.15) is 62.2 Å². The standard InChI is InChI=1S/C20H25ClN2O2/c1-2-23-13-17(19(24)16-12-14(21)10-11-18(16)23)20(25)22-15-8-6-4-3-5-7-9-15/h10-13,15H,2-9H2,1H3,(H,22,25). The van der Waals surface area contributed by atoms with Gasteiger partial charge in [-0.15, -0.1) is 0 Å². The number of fused-ring (bicyclic) bond motifs is 1. The minimum atomic E-state index is -0.264. The Balaban J connectivity index is 1.92. The number of pyridine rings is 1. The van der Waals surface area contributed by atoms with E-state index in [1.165, 1.54) is 19.3 Å². The van der Waals surface area contributed by atoms with Crippen molar-refractivity contribution < 1.29 is 4.79 Å². The smallest absolute Gasteiger partial charge is 0.256 e. The second kappa shape index (κ2) is 8.05. The highest BCUT2D eigenvalue weighted by molar-refractivity contribution is 6.31. The van der Waals surface area contributed by atoms with Gasteiger partial charge in [0.2, 0.25) is 5.43 Å². The fourth-order valence-electron chi connectivity index (χ4n) is 3.66. The maximum absolute atomic E-state index is 12.8. The Labute approximate surface area is 153 Å². The first-order chi connectivity index (χ1) is 12.1. The fraction of sp³-hybridized carbons (Fsp3) is 0.500. The molecule has 1 saturated carbocycles. The molecule has 0 radical (unpaired) electrons. The molecule has 3 rings (SSSR count). The van der Waals surface area contributed by atoms with Crippen LogP contribution >= 0.6 is 11.6 Å². The van der Waals surface area contributed by atoms with Gasteiger partial charge in [-0.3, -0.25) is 9.59 Å². The third-order valence-electron chi connectivity index (χ3n) is 5.07. The lowest BCUT2D eigenvalue weighted by Crippen LogP contribution is -2.38. The van der Waals surface area contributed by atoms with Gasteiger partial charge in [-0.25, -0.2) is 0 Å². The van der Waals surface area contributed by atoms with Crippen molar-refractivity contribution >= 4 is 28.4 Å². The molecule has 1 amide bonds. The lowest BCUT2D eigenvalue weighted by atomic mass is 9.96. The summed E-state index contributed by atoms with van der Waals surface area (Å²) in [5.41, 5.74) is 0.767. The number of rotatable bonds is 3. The van der Waals surface area contributed by atoms with Gasteiger partial charge in [0.1, 0.15) is 5.56 Å². The quantitative estimate of drug-likeness (QED) is 0.875. The van der Waals surface area contributed by atoms with E-state index in [0.717, 1.165) is 31.2 Å². The van der Waals surface area contributed by atoms with Crippen molar-refractivity contribution in [2.75, 3.05) is 0 Å². The van der Waals surface area contributed by atoms with E-state index < -0.39 is 0 Å². The second-order valence-corrected chi connectivity index (χ2v) is 7.27. The number of carbonyl (C=O) groups is 1. The van der Waals surface area contributed by atoms with Crippen LogP contribution in [0.25, 0.3) is 10.9 Å². The summed E-state index contributed by atoms with van der Waals surface area (Å²) < 4.78 is 1.93. The number of hydrogen-bond donors (Lipinski definition) is 1. The first-order valence-corrected chi connectivity index (χ1v) is 9.61. The molecule has 1 N–H and O–H groups in total. The van der Waals surface area contributed by atoms with Crippen molar-refractivity contribution in [2.24, 2.45) is 0 Å². The molecule has 1 aromatic carbocycles. The first kappa shape index (κ1) is 18.0. The number of nitrogens with one attached hydrogen (secondary N) is 1. The zero-order chi connectivity index (χ0) is 17.8. The molecule has 1 heterocycles. The molecule has 2 aromatic rings. The van der Waals surface area contributed by atoms with Crippen molar-refractivity contribution in [3.8, 4) is 0 Å². The summed E-state index contributed by atoms with van der Waals surface area (Å²) in [6.45, 7) is 2.68. The molecule has 25 heavy (non-hydrogen) atoms. The summed E-state index contributed by atoms with van der Waals surface area (Å²) >= 11 is 6.06. The number of aryl methyl sites for hydroxylation is 1. The van der Waals surface area contributed by atoms with Gasteiger partial charge in [-0.05, 0) is 38.0 Å². The van der Waals surface area contributed by atoms with Gasteiger partial charge in [-0.1, -0.05) is 43.7 Å². The molecule has 1 fully saturated rings. The van der Waals surface area contributed by atoms with E-state index in [1.54, 1.807) is 18.3 Å². The van der Waals surface area contributed by atoms with Gasteiger partial charge in [0.15, 0.2) is 0 Å². The minimum Gasteiger partial charge on any atom is -0.349 e. The maximum Gasteiger partial charge on any atom is 0.256 e. The Hall–Kier alpha value is -1.81. The molecule has 0 aliphatic heterocycles. The lowest BCUT2D eigenvalue weighted by Gasteiger charge is -2.21. The highest BCUT2D eigenvalue weighted by atomic mass is 35.5. The van der Waals surface area contributed by atoms with Crippen LogP contribution in [0.5, 0.6) is 0 Å². The summed E-state index contributed by atoms with van der Waals surface area (Å²) in [5.74, 6) is -0.264. The van der Waals surface area contributed by atoms with Gasteiger partial charge in [0.05, 0.1) is 5.52 Å². The Kier molecular flexibility index (Phi) is 5.79. The van der Waals surface area contributed by atoms with Gasteiger partial charge in [0.25, 0.3) is 5.91 Å². The number of carbonyl (C=O) groups excluding carboxylic acids is 1. The van der Waals surface area contributed by atoms with Gasteiger partial charge >= 0.3 is 0 Å². The van der Waals surface area contributed by atoms with E-state index in [9.17, 15) is 9.59 Å². The molecule has 1 aromatic heterocycles. The Morgan fingerprint density at radius 3 is 2.56 bits per heavy atom. The predicted octanol–water partition coefficient (Wildman–Crippen LogP) is 4.52. The summed E-state index contributed by atoms with van der Waals surface area (Å²) in [7, 11) is 0. The number of aromatic nitrogens is 1. The third kappa shape index (κ3) is 4.06. The van der Waals surface area contributed by atoms with E-state index in [1.807, 2.05) is 17.6 Å². The molecule has 5 heteroatoms. The molecular weight excluding hydrogens is 336 g/mol. The average molecular weight is 361 g/mol. The predicted molar refractivity (Wildman–Crippen MR) is 102 cm³/mol. The summed E-state index contributed by atoms with van der Waals surface area (Å²) in [6.07, 6.45) is 9.67. The maximum atomic E-state index is 12.8. The molecule has 0 saturated heterocycles. The van der Waals surface area contributed by atoms with Crippen LogP contribution in [-0.4, -0.2) is 16.5 Å². The van der Waals surface area contributed by atoms with Crippen LogP contribution in [0, 0.1) is 0 Å². The van der Waals surface area contributed by atoms with Crippen molar-refractivity contribution in [2.45, 2.75) is 64.5 Å². The molecule has 0 bridgehead atoms. The van der Waals surface area contributed by atoms with Gasteiger partial charge < -0.3 is 9.88 Å². The van der Waals surface area contributed by atoms with Crippen molar-refractivity contribution in [3.63, 3.8) is 0 Å². The van der Waals surface area contributed by atoms with Crippen LogP contribution in [0.2, 0.25) is 5.02 Å². The summed E-state index contributed by atoms with van der Waals surface area (Å²) in [6, 6.07) is 5.41. The molecule has 0 spiro atoms. The van der Waals surface area contributed by atoms with Crippen LogP contribution in [0.4, 0.5) is 0 Å². The monoisotopic (exact) mass is 360 g/mol. The van der Waals surface area contributed by atoms with E-state index in [0.29, 0.717) is 17.0 Å². The van der Waals surface area contributed by atoms with E-state index >= 15 is 0 Å². The zero-order valence-electron chi connectivity index (χ0n) is 14.7.